The van der Waals surface area contributed by atoms with E-state index in [1.165, 1.54) is 24.3 Å². The van der Waals surface area contributed by atoms with Crippen LogP contribution in [-0.4, -0.2) is 46.2 Å². The van der Waals surface area contributed by atoms with E-state index in [2.05, 4.69) is 10.0 Å². The number of nitrogens with one attached hydrogen (secondary N) is 2. The zero-order chi connectivity index (χ0) is 17.6. The van der Waals surface area contributed by atoms with Crippen molar-refractivity contribution in [1.29, 1.82) is 0 Å². The van der Waals surface area contributed by atoms with Gasteiger partial charge in [-0.15, -0.1) is 0 Å². The molecule has 1 aromatic carbocycles. The number of amides is 1. The summed E-state index contributed by atoms with van der Waals surface area (Å²) in [5.41, 5.74) is 0. The Kier molecular flexibility index (Phi) is 6.59. The smallest absolute Gasteiger partial charge is 0.258 e. The lowest BCUT2D eigenvalue weighted by molar-refractivity contribution is -0.123. The molecule has 1 heterocycles. The summed E-state index contributed by atoms with van der Waals surface area (Å²) in [6, 6.07) is 5.78. The average molecular weight is 356 g/mol. The van der Waals surface area contributed by atoms with Crippen molar-refractivity contribution >= 4 is 15.9 Å². The molecule has 134 valence electrons. The van der Waals surface area contributed by atoms with Crippen LogP contribution in [-0.2, 0) is 19.6 Å². The molecule has 1 atom stereocenters. The maximum Gasteiger partial charge on any atom is 0.258 e. The van der Waals surface area contributed by atoms with Crippen molar-refractivity contribution in [2.75, 3.05) is 19.8 Å². The highest BCUT2D eigenvalue weighted by atomic mass is 32.2. The van der Waals surface area contributed by atoms with Gasteiger partial charge in [-0.25, -0.2) is 13.1 Å². The van der Waals surface area contributed by atoms with Gasteiger partial charge in [-0.1, -0.05) is 0 Å². The molecule has 0 radical (unpaired) electrons. The first kappa shape index (κ1) is 18.7. The molecule has 1 aromatic rings. The van der Waals surface area contributed by atoms with Gasteiger partial charge < -0.3 is 14.8 Å². The Morgan fingerprint density at radius 2 is 2.04 bits per heavy atom. The van der Waals surface area contributed by atoms with Crippen LogP contribution in [0.2, 0.25) is 0 Å². The van der Waals surface area contributed by atoms with Gasteiger partial charge in [-0.3, -0.25) is 4.79 Å². The van der Waals surface area contributed by atoms with Gasteiger partial charge in [0.25, 0.3) is 5.91 Å². The fourth-order valence-corrected chi connectivity index (χ4v) is 3.58. The topological polar surface area (TPSA) is 93.7 Å². The molecule has 7 nitrogen and oxygen atoms in total. The van der Waals surface area contributed by atoms with Crippen LogP contribution in [0, 0.1) is 0 Å². The zero-order valence-electron chi connectivity index (χ0n) is 13.9. The molecule has 1 fully saturated rings. The number of ether oxygens (including phenoxy) is 2. The molecule has 1 saturated heterocycles. The molecule has 2 N–H and O–H groups in total. The Balaban J connectivity index is 1.80. The average Bonchev–Trinajstić information content (AvgIpc) is 3.03. The summed E-state index contributed by atoms with van der Waals surface area (Å²) in [5.74, 6) is 0.203. The molecule has 24 heavy (non-hydrogen) atoms. The second-order valence-corrected chi connectivity index (χ2v) is 7.69. The molecule has 0 saturated carbocycles. The summed E-state index contributed by atoms with van der Waals surface area (Å²) in [5, 5.41) is 2.76. The SMILES string of the molecule is CC(C)NS(=O)(=O)c1ccc(OCC(=O)NC[C@H]2CCCO2)cc1. The van der Waals surface area contributed by atoms with E-state index < -0.39 is 10.0 Å². The fourth-order valence-electron chi connectivity index (χ4n) is 2.33. The quantitative estimate of drug-likeness (QED) is 0.726. The molecule has 1 amide bonds. The lowest BCUT2D eigenvalue weighted by Crippen LogP contribution is -2.35. The Bertz CT molecular complexity index is 637. The number of hydrogen-bond donors (Lipinski definition) is 2. The third-order valence-corrected chi connectivity index (χ3v) is 5.12. The second kappa shape index (κ2) is 8.46. The van der Waals surface area contributed by atoms with Gasteiger partial charge in [-0.05, 0) is 51.0 Å². The highest BCUT2D eigenvalue weighted by Gasteiger charge is 2.17. The first-order chi connectivity index (χ1) is 11.4. The normalized spacial score (nSPS) is 17.9. The molecule has 0 aliphatic carbocycles. The van der Waals surface area contributed by atoms with E-state index in [1.807, 2.05) is 0 Å². The second-order valence-electron chi connectivity index (χ2n) is 5.98. The molecule has 1 aliphatic heterocycles. The number of sulfonamides is 1. The minimum absolute atomic E-state index is 0.0897. The van der Waals surface area contributed by atoms with Crippen molar-refractivity contribution in [3.63, 3.8) is 0 Å². The first-order valence-electron chi connectivity index (χ1n) is 8.00. The van der Waals surface area contributed by atoms with E-state index in [1.54, 1.807) is 13.8 Å². The van der Waals surface area contributed by atoms with Crippen molar-refractivity contribution in [1.82, 2.24) is 10.0 Å². The maximum absolute atomic E-state index is 12.0. The molecule has 2 rings (SSSR count). The number of hydrogen-bond acceptors (Lipinski definition) is 5. The van der Waals surface area contributed by atoms with Gasteiger partial charge in [0.1, 0.15) is 5.75 Å². The zero-order valence-corrected chi connectivity index (χ0v) is 14.8. The van der Waals surface area contributed by atoms with Crippen LogP contribution in [0.3, 0.4) is 0 Å². The monoisotopic (exact) mass is 356 g/mol. The van der Waals surface area contributed by atoms with Crippen LogP contribution >= 0.6 is 0 Å². The van der Waals surface area contributed by atoms with E-state index in [-0.39, 0.29) is 29.6 Å². The minimum atomic E-state index is -3.52. The molecular formula is C16H24N2O5S. The highest BCUT2D eigenvalue weighted by Crippen LogP contribution is 2.16. The molecule has 0 bridgehead atoms. The van der Waals surface area contributed by atoms with Crippen LogP contribution in [0.25, 0.3) is 0 Å². The number of carbonyl (C=O) groups is 1. The summed E-state index contributed by atoms with van der Waals surface area (Å²) < 4.78 is 37.3. The molecule has 0 spiro atoms. The van der Waals surface area contributed by atoms with Crippen LogP contribution in [0.4, 0.5) is 0 Å². The largest absolute Gasteiger partial charge is 0.484 e. The third-order valence-electron chi connectivity index (χ3n) is 3.45. The number of benzene rings is 1. The van der Waals surface area contributed by atoms with E-state index >= 15 is 0 Å². The predicted molar refractivity (Wildman–Crippen MR) is 89.4 cm³/mol. The molecule has 1 aliphatic rings. The molecular weight excluding hydrogens is 332 g/mol. The Hall–Kier alpha value is -1.64. The van der Waals surface area contributed by atoms with Crippen LogP contribution < -0.4 is 14.8 Å². The molecule has 0 unspecified atom stereocenters. The Morgan fingerprint density at radius 3 is 2.62 bits per heavy atom. The van der Waals surface area contributed by atoms with Crippen molar-refractivity contribution < 1.29 is 22.7 Å². The Labute approximate surface area is 142 Å². The number of rotatable bonds is 8. The third kappa shape index (κ3) is 5.77. The fraction of sp³-hybridized carbons (Fsp3) is 0.562. The van der Waals surface area contributed by atoms with Crippen LogP contribution in [0.5, 0.6) is 5.75 Å². The van der Waals surface area contributed by atoms with E-state index in [4.69, 9.17) is 9.47 Å². The van der Waals surface area contributed by atoms with Gasteiger partial charge in [0.05, 0.1) is 11.0 Å². The lowest BCUT2D eigenvalue weighted by atomic mass is 10.2. The van der Waals surface area contributed by atoms with Crippen molar-refractivity contribution in [3.05, 3.63) is 24.3 Å². The molecule has 8 heteroatoms. The summed E-state index contributed by atoms with van der Waals surface area (Å²) in [6.07, 6.45) is 2.08. The molecule has 0 aromatic heterocycles. The Morgan fingerprint density at radius 1 is 1.33 bits per heavy atom. The predicted octanol–water partition coefficient (Wildman–Crippen LogP) is 1.05. The van der Waals surface area contributed by atoms with Crippen molar-refractivity contribution in [3.8, 4) is 5.75 Å². The van der Waals surface area contributed by atoms with Crippen molar-refractivity contribution in [2.24, 2.45) is 0 Å². The minimum Gasteiger partial charge on any atom is -0.484 e. The van der Waals surface area contributed by atoms with Crippen LogP contribution in [0.1, 0.15) is 26.7 Å². The highest BCUT2D eigenvalue weighted by molar-refractivity contribution is 7.89. The van der Waals surface area contributed by atoms with Gasteiger partial charge in [0, 0.05) is 19.2 Å². The summed E-state index contributed by atoms with van der Waals surface area (Å²) in [4.78, 5) is 11.9. The van der Waals surface area contributed by atoms with Gasteiger partial charge in [0.15, 0.2) is 6.61 Å². The standard InChI is InChI=1S/C16H24N2O5S/c1-12(2)18-24(20,21)15-7-5-13(6-8-15)23-11-16(19)17-10-14-4-3-9-22-14/h5-8,12,14,18H,3-4,9-11H2,1-2H3,(H,17,19)/t14-/m1/s1. The maximum atomic E-state index is 12.0. The van der Waals surface area contributed by atoms with Crippen LogP contribution in [0.15, 0.2) is 29.2 Å². The van der Waals surface area contributed by atoms with Gasteiger partial charge >= 0.3 is 0 Å². The lowest BCUT2D eigenvalue weighted by Gasteiger charge is -2.12. The summed E-state index contributed by atoms with van der Waals surface area (Å²) >= 11 is 0. The summed E-state index contributed by atoms with van der Waals surface area (Å²) in [7, 11) is -3.52. The van der Waals surface area contributed by atoms with E-state index in [0.717, 1.165) is 19.4 Å². The first-order valence-corrected chi connectivity index (χ1v) is 9.48. The van der Waals surface area contributed by atoms with Gasteiger partial charge in [-0.2, -0.15) is 0 Å². The van der Waals surface area contributed by atoms with Crippen molar-refractivity contribution in [2.45, 2.75) is 43.7 Å². The van der Waals surface area contributed by atoms with E-state index in [0.29, 0.717) is 12.3 Å². The van der Waals surface area contributed by atoms with Gasteiger partial charge in [0.2, 0.25) is 10.0 Å². The summed E-state index contributed by atoms with van der Waals surface area (Å²) in [6.45, 7) is 4.62. The number of carbonyl (C=O) groups excluding carboxylic acids is 1. The van der Waals surface area contributed by atoms with E-state index in [9.17, 15) is 13.2 Å².